The molecule has 0 amide bonds. The summed E-state index contributed by atoms with van der Waals surface area (Å²) >= 11 is 11.4. The Morgan fingerprint density at radius 3 is 2.57 bits per heavy atom. The molecule has 2 aromatic rings. The van der Waals surface area contributed by atoms with E-state index in [0.717, 1.165) is 5.69 Å². The molecule has 0 atom stereocenters. The van der Waals surface area contributed by atoms with Crippen molar-refractivity contribution in [3.05, 3.63) is 35.1 Å². The van der Waals surface area contributed by atoms with Crippen molar-refractivity contribution < 1.29 is 0 Å². The third-order valence-electron chi connectivity index (χ3n) is 1.72. The molecule has 0 radical (unpaired) electrons. The molecule has 0 N–H and O–H groups in total. The van der Waals surface area contributed by atoms with Gasteiger partial charge in [-0.25, -0.2) is 0 Å². The molecule has 14 heavy (non-hydrogen) atoms. The standard InChI is InChI=1S/C8H6Cl2N4/c9-5-8-11-12-13-14(8)7-3-1-6(10)2-4-7/h1-4H,5H2. The number of halogens is 2. The lowest BCUT2D eigenvalue weighted by molar-refractivity contribution is 0.777. The summed E-state index contributed by atoms with van der Waals surface area (Å²) < 4.78 is 1.57. The maximum atomic E-state index is 5.76. The molecular weight excluding hydrogens is 223 g/mol. The van der Waals surface area contributed by atoms with Crippen LogP contribution in [0.3, 0.4) is 0 Å². The lowest BCUT2D eigenvalue weighted by atomic mass is 10.3. The van der Waals surface area contributed by atoms with Gasteiger partial charge in [0.2, 0.25) is 0 Å². The van der Waals surface area contributed by atoms with E-state index in [1.165, 1.54) is 0 Å². The first-order valence-electron chi connectivity index (χ1n) is 3.90. The number of nitrogens with zero attached hydrogens (tertiary/aromatic N) is 4. The number of aromatic nitrogens is 4. The zero-order valence-electron chi connectivity index (χ0n) is 7.06. The number of alkyl halides is 1. The van der Waals surface area contributed by atoms with Crippen molar-refractivity contribution in [1.82, 2.24) is 20.2 Å². The van der Waals surface area contributed by atoms with Gasteiger partial charge >= 0.3 is 0 Å². The highest BCUT2D eigenvalue weighted by Gasteiger charge is 2.05. The zero-order chi connectivity index (χ0) is 9.97. The molecule has 1 aromatic heterocycles. The highest BCUT2D eigenvalue weighted by Crippen LogP contribution is 2.13. The van der Waals surface area contributed by atoms with Gasteiger partial charge in [0, 0.05) is 5.02 Å². The van der Waals surface area contributed by atoms with Crippen molar-refractivity contribution >= 4 is 23.2 Å². The summed E-state index contributed by atoms with van der Waals surface area (Å²) in [4.78, 5) is 0. The summed E-state index contributed by atoms with van der Waals surface area (Å²) in [6.07, 6.45) is 0. The minimum atomic E-state index is 0.273. The summed E-state index contributed by atoms with van der Waals surface area (Å²) in [6, 6.07) is 7.21. The summed E-state index contributed by atoms with van der Waals surface area (Å²) in [5.41, 5.74) is 0.843. The number of hydrogen-bond donors (Lipinski definition) is 0. The van der Waals surface area contributed by atoms with E-state index in [9.17, 15) is 0 Å². The molecule has 2 rings (SSSR count). The molecule has 0 aliphatic carbocycles. The second kappa shape index (κ2) is 3.94. The fourth-order valence-electron chi connectivity index (χ4n) is 1.07. The van der Waals surface area contributed by atoms with Gasteiger partial charge in [0.15, 0.2) is 5.82 Å². The Kier molecular flexibility index (Phi) is 2.65. The summed E-state index contributed by atoms with van der Waals surface area (Å²) in [5.74, 6) is 0.879. The Hall–Kier alpha value is -1.13. The van der Waals surface area contributed by atoms with Gasteiger partial charge in [-0.1, -0.05) is 11.6 Å². The predicted molar refractivity (Wildman–Crippen MR) is 53.7 cm³/mol. The zero-order valence-corrected chi connectivity index (χ0v) is 8.57. The van der Waals surface area contributed by atoms with Gasteiger partial charge in [0.25, 0.3) is 0 Å². The first kappa shape index (κ1) is 9.43. The Morgan fingerprint density at radius 2 is 1.93 bits per heavy atom. The number of benzene rings is 1. The van der Waals surface area contributed by atoms with Gasteiger partial charge in [-0.3, -0.25) is 0 Å². The smallest absolute Gasteiger partial charge is 0.171 e. The van der Waals surface area contributed by atoms with E-state index in [1.807, 2.05) is 12.1 Å². The second-order valence-electron chi connectivity index (χ2n) is 2.62. The van der Waals surface area contributed by atoms with Crippen LogP contribution < -0.4 is 0 Å². The number of hydrogen-bond acceptors (Lipinski definition) is 3. The molecule has 0 unspecified atom stereocenters. The first-order valence-corrected chi connectivity index (χ1v) is 4.81. The number of rotatable bonds is 2. The predicted octanol–water partition coefficient (Wildman–Crippen LogP) is 2.05. The van der Waals surface area contributed by atoms with Crippen molar-refractivity contribution in [2.75, 3.05) is 0 Å². The third-order valence-corrected chi connectivity index (χ3v) is 2.22. The van der Waals surface area contributed by atoms with Crippen molar-refractivity contribution in [1.29, 1.82) is 0 Å². The van der Waals surface area contributed by atoms with Crippen LogP contribution in [0.4, 0.5) is 0 Å². The van der Waals surface area contributed by atoms with Gasteiger partial charge < -0.3 is 0 Å². The van der Waals surface area contributed by atoms with E-state index < -0.39 is 0 Å². The van der Waals surface area contributed by atoms with E-state index in [0.29, 0.717) is 10.8 Å². The van der Waals surface area contributed by atoms with Crippen LogP contribution in [0.5, 0.6) is 0 Å². The van der Waals surface area contributed by atoms with E-state index in [-0.39, 0.29) is 5.88 Å². The van der Waals surface area contributed by atoms with Crippen LogP contribution in [-0.2, 0) is 5.88 Å². The van der Waals surface area contributed by atoms with E-state index in [1.54, 1.807) is 16.8 Å². The second-order valence-corrected chi connectivity index (χ2v) is 3.32. The Labute approximate surface area is 90.4 Å². The molecule has 0 saturated carbocycles. The third kappa shape index (κ3) is 1.71. The largest absolute Gasteiger partial charge is 0.196 e. The topological polar surface area (TPSA) is 43.6 Å². The molecule has 0 fully saturated rings. The first-order chi connectivity index (χ1) is 6.81. The molecule has 4 nitrogen and oxygen atoms in total. The van der Waals surface area contributed by atoms with Crippen LogP contribution in [0.15, 0.2) is 24.3 Å². The maximum absolute atomic E-state index is 5.76. The van der Waals surface area contributed by atoms with E-state index in [2.05, 4.69) is 15.5 Å². The van der Waals surface area contributed by atoms with Crippen LogP contribution in [0.25, 0.3) is 5.69 Å². The molecule has 6 heteroatoms. The summed E-state index contributed by atoms with van der Waals surface area (Å²) in [7, 11) is 0. The van der Waals surface area contributed by atoms with Crippen molar-refractivity contribution in [2.45, 2.75) is 5.88 Å². The van der Waals surface area contributed by atoms with Gasteiger partial charge in [-0.05, 0) is 34.7 Å². The SMILES string of the molecule is ClCc1nnnn1-c1ccc(Cl)cc1. The van der Waals surface area contributed by atoms with Crippen LogP contribution in [0.2, 0.25) is 5.02 Å². The lowest BCUT2D eigenvalue weighted by Crippen LogP contribution is -2.00. The van der Waals surface area contributed by atoms with Crippen molar-refractivity contribution in [2.24, 2.45) is 0 Å². The average molecular weight is 229 g/mol. The average Bonchev–Trinajstić information content (AvgIpc) is 2.67. The van der Waals surface area contributed by atoms with Crippen LogP contribution >= 0.6 is 23.2 Å². The van der Waals surface area contributed by atoms with Crippen LogP contribution in [0, 0.1) is 0 Å². The summed E-state index contributed by atoms with van der Waals surface area (Å²) in [5, 5.41) is 11.8. The highest BCUT2D eigenvalue weighted by atomic mass is 35.5. The fraction of sp³-hybridized carbons (Fsp3) is 0.125. The quantitative estimate of drug-likeness (QED) is 0.740. The Balaban J connectivity index is 2.44. The van der Waals surface area contributed by atoms with Gasteiger partial charge in [-0.2, -0.15) is 4.68 Å². The monoisotopic (exact) mass is 228 g/mol. The molecular formula is C8H6Cl2N4. The van der Waals surface area contributed by atoms with E-state index >= 15 is 0 Å². The Morgan fingerprint density at radius 1 is 1.21 bits per heavy atom. The lowest BCUT2D eigenvalue weighted by Gasteiger charge is -2.01. The van der Waals surface area contributed by atoms with Crippen molar-refractivity contribution in [3.63, 3.8) is 0 Å². The van der Waals surface area contributed by atoms with Gasteiger partial charge in [0.05, 0.1) is 11.6 Å². The number of tetrazole rings is 1. The minimum Gasteiger partial charge on any atom is -0.196 e. The van der Waals surface area contributed by atoms with Gasteiger partial charge in [-0.15, -0.1) is 16.7 Å². The molecule has 0 aliphatic heterocycles. The van der Waals surface area contributed by atoms with E-state index in [4.69, 9.17) is 23.2 Å². The van der Waals surface area contributed by atoms with Crippen LogP contribution in [0.1, 0.15) is 5.82 Å². The van der Waals surface area contributed by atoms with Crippen LogP contribution in [-0.4, -0.2) is 20.2 Å². The molecule has 72 valence electrons. The molecule has 0 saturated heterocycles. The minimum absolute atomic E-state index is 0.273. The molecule has 0 bridgehead atoms. The highest BCUT2D eigenvalue weighted by molar-refractivity contribution is 6.30. The normalized spacial score (nSPS) is 10.4. The van der Waals surface area contributed by atoms with Gasteiger partial charge in [0.1, 0.15) is 0 Å². The molecule has 0 spiro atoms. The molecule has 1 heterocycles. The van der Waals surface area contributed by atoms with Crippen molar-refractivity contribution in [3.8, 4) is 5.69 Å². The maximum Gasteiger partial charge on any atom is 0.171 e. The molecule has 0 aliphatic rings. The Bertz CT molecular complexity index is 423. The fourth-order valence-corrected chi connectivity index (χ4v) is 1.36. The summed E-state index contributed by atoms with van der Waals surface area (Å²) in [6.45, 7) is 0. The molecule has 1 aromatic carbocycles.